The summed E-state index contributed by atoms with van der Waals surface area (Å²) < 4.78 is 2.17. The summed E-state index contributed by atoms with van der Waals surface area (Å²) in [6, 6.07) is 2.18. The summed E-state index contributed by atoms with van der Waals surface area (Å²) in [5, 5.41) is 8.65. The molecule has 0 saturated carbocycles. The molecule has 3 heteroatoms. The van der Waals surface area contributed by atoms with Gasteiger partial charge in [-0.1, -0.05) is 0 Å². The van der Waals surface area contributed by atoms with Crippen LogP contribution in [-0.2, 0) is 24.7 Å². The average Bonchev–Trinajstić information content (AvgIpc) is 2.57. The molecule has 0 spiro atoms. The zero-order valence-corrected chi connectivity index (χ0v) is 9.07. The lowest BCUT2D eigenvalue weighted by molar-refractivity contribution is -0.137. The van der Waals surface area contributed by atoms with Gasteiger partial charge in [0.15, 0.2) is 0 Å². The van der Waals surface area contributed by atoms with Crippen LogP contribution in [0.3, 0.4) is 0 Å². The Morgan fingerprint density at radius 3 is 3.20 bits per heavy atom. The van der Waals surface area contributed by atoms with Crippen LogP contribution in [0.25, 0.3) is 0 Å². The Morgan fingerprint density at radius 2 is 2.47 bits per heavy atom. The Morgan fingerprint density at radius 1 is 1.67 bits per heavy atom. The second kappa shape index (κ2) is 4.09. The Hall–Kier alpha value is -1.25. The van der Waals surface area contributed by atoms with Crippen molar-refractivity contribution < 1.29 is 9.90 Å². The maximum Gasteiger partial charge on any atom is 0.303 e. The fourth-order valence-electron chi connectivity index (χ4n) is 2.43. The van der Waals surface area contributed by atoms with Crippen LogP contribution >= 0.6 is 0 Å². The number of fused-ring (bicyclic) bond motifs is 1. The van der Waals surface area contributed by atoms with Crippen LogP contribution in [0.2, 0.25) is 0 Å². The van der Waals surface area contributed by atoms with Crippen molar-refractivity contribution in [3.8, 4) is 0 Å². The van der Waals surface area contributed by atoms with Crippen LogP contribution < -0.4 is 0 Å². The minimum absolute atomic E-state index is 0.310. The Bertz CT molecular complexity index is 368. The van der Waals surface area contributed by atoms with E-state index in [-0.39, 0.29) is 0 Å². The summed E-state index contributed by atoms with van der Waals surface area (Å²) in [5.74, 6) is -0.116. The van der Waals surface area contributed by atoms with E-state index in [1.807, 2.05) is 0 Å². The third-order valence-corrected chi connectivity index (χ3v) is 3.37. The Labute approximate surface area is 89.7 Å². The van der Waals surface area contributed by atoms with E-state index in [9.17, 15) is 4.79 Å². The molecule has 1 aromatic heterocycles. The monoisotopic (exact) mass is 207 g/mol. The molecule has 1 N–H and O–H groups in total. The van der Waals surface area contributed by atoms with Crippen molar-refractivity contribution in [2.75, 3.05) is 0 Å². The molecular formula is C12H17NO2. The van der Waals surface area contributed by atoms with E-state index in [2.05, 4.69) is 23.9 Å². The SMILES string of the molecule is Cn1ccc2c1CC(CCC(=O)O)CC2. The number of carbonyl (C=O) groups is 1. The summed E-state index contributed by atoms with van der Waals surface area (Å²) in [6.07, 6.45) is 6.53. The van der Waals surface area contributed by atoms with E-state index in [0.717, 1.165) is 25.7 Å². The molecule has 0 amide bonds. The van der Waals surface area contributed by atoms with E-state index < -0.39 is 5.97 Å². The lowest BCUT2D eigenvalue weighted by atomic mass is 9.85. The normalized spacial score (nSPS) is 19.9. The maximum absolute atomic E-state index is 10.5. The number of aromatic nitrogens is 1. The minimum Gasteiger partial charge on any atom is -0.481 e. The predicted octanol–water partition coefficient (Wildman–Crippen LogP) is 1.99. The van der Waals surface area contributed by atoms with Gasteiger partial charge in [0, 0.05) is 25.4 Å². The summed E-state index contributed by atoms with van der Waals surface area (Å²) in [5.41, 5.74) is 2.85. The van der Waals surface area contributed by atoms with Gasteiger partial charge in [-0.15, -0.1) is 0 Å². The molecule has 0 radical (unpaired) electrons. The fourth-order valence-corrected chi connectivity index (χ4v) is 2.43. The third kappa shape index (κ3) is 2.22. The zero-order valence-electron chi connectivity index (χ0n) is 9.07. The molecule has 82 valence electrons. The van der Waals surface area contributed by atoms with E-state index in [4.69, 9.17) is 5.11 Å². The lowest BCUT2D eigenvalue weighted by Gasteiger charge is -2.22. The first-order valence-electron chi connectivity index (χ1n) is 5.51. The predicted molar refractivity (Wildman–Crippen MR) is 57.8 cm³/mol. The summed E-state index contributed by atoms with van der Waals surface area (Å²) in [4.78, 5) is 10.5. The van der Waals surface area contributed by atoms with Gasteiger partial charge in [0.05, 0.1) is 0 Å². The highest BCUT2D eigenvalue weighted by molar-refractivity contribution is 5.66. The van der Waals surface area contributed by atoms with Crippen molar-refractivity contribution in [1.82, 2.24) is 4.57 Å². The van der Waals surface area contributed by atoms with Crippen molar-refractivity contribution in [2.45, 2.75) is 32.1 Å². The first-order valence-corrected chi connectivity index (χ1v) is 5.51. The second-order valence-corrected chi connectivity index (χ2v) is 4.44. The molecule has 0 fully saturated rings. The van der Waals surface area contributed by atoms with Crippen LogP contribution in [0, 0.1) is 5.92 Å². The first-order chi connectivity index (χ1) is 7.16. The number of carboxylic acid groups (broad SMARTS) is 1. The van der Waals surface area contributed by atoms with Crippen molar-refractivity contribution in [3.05, 3.63) is 23.5 Å². The number of nitrogens with zero attached hydrogens (tertiary/aromatic N) is 1. The molecule has 2 rings (SSSR count). The Kier molecular flexibility index (Phi) is 2.80. The molecule has 1 atom stereocenters. The first kappa shape index (κ1) is 10.3. The number of rotatable bonds is 3. The lowest BCUT2D eigenvalue weighted by Crippen LogP contribution is -2.16. The van der Waals surface area contributed by atoms with Crippen LogP contribution in [0.15, 0.2) is 12.3 Å². The van der Waals surface area contributed by atoms with Crippen LogP contribution in [-0.4, -0.2) is 15.6 Å². The van der Waals surface area contributed by atoms with Gasteiger partial charge in [-0.3, -0.25) is 4.79 Å². The molecule has 0 bridgehead atoms. The number of carboxylic acids is 1. The van der Waals surface area contributed by atoms with Gasteiger partial charge in [0.1, 0.15) is 0 Å². The van der Waals surface area contributed by atoms with Crippen molar-refractivity contribution in [2.24, 2.45) is 13.0 Å². The summed E-state index contributed by atoms with van der Waals surface area (Å²) in [7, 11) is 2.07. The molecule has 3 nitrogen and oxygen atoms in total. The number of aliphatic carboxylic acids is 1. The summed E-state index contributed by atoms with van der Waals surface area (Å²) >= 11 is 0. The highest BCUT2D eigenvalue weighted by Crippen LogP contribution is 2.28. The molecule has 0 saturated heterocycles. The Balaban J connectivity index is 1.99. The van der Waals surface area contributed by atoms with Gasteiger partial charge in [-0.2, -0.15) is 0 Å². The second-order valence-electron chi connectivity index (χ2n) is 4.44. The summed E-state index contributed by atoms with van der Waals surface area (Å²) in [6.45, 7) is 0. The smallest absolute Gasteiger partial charge is 0.303 e. The van der Waals surface area contributed by atoms with E-state index in [1.165, 1.54) is 11.3 Å². The maximum atomic E-state index is 10.5. The van der Waals surface area contributed by atoms with Gasteiger partial charge in [-0.25, -0.2) is 0 Å². The molecule has 0 aromatic carbocycles. The van der Waals surface area contributed by atoms with Gasteiger partial charge in [-0.05, 0) is 43.2 Å². The van der Waals surface area contributed by atoms with E-state index in [1.54, 1.807) is 0 Å². The van der Waals surface area contributed by atoms with Crippen LogP contribution in [0.1, 0.15) is 30.5 Å². The number of hydrogen-bond donors (Lipinski definition) is 1. The molecule has 0 aliphatic heterocycles. The molecule has 1 heterocycles. The van der Waals surface area contributed by atoms with Crippen LogP contribution in [0.4, 0.5) is 0 Å². The number of hydrogen-bond acceptors (Lipinski definition) is 1. The highest BCUT2D eigenvalue weighted by atomic mass is 16.4. The van der Waals surface area contributed by atoms with Crippen molar-refractivity contribution >= 4 is 5.97 Å². The van der Waals surface area contributed by atoms with E-state index in [0.29, 0.717) is 12.3 Å². The topological polar surface area (TPSA) is 42.2 Å². The van der Waals surface area contributed by atoms with Crippen LogP contribution in [0.5, 0.6) is 0 Å². The van der Waals surface area contributed by atoms with Crippen molar-refractivity contribution in [1.29, 1.82) is 0 Å². The van der Waals surface area contributed by atoms with Gasteiger partial charge >= 0.3 is 5.97 Å². The molecule has 1 aromatic rings. The van der Waals surface area contributed by atoms with E-state index >= 15 is 0 Å². The van der Waals surface area contributed by atoms with Gasteiger partial charge in [0.2, 0.25) is 0 Å². The van der Waals surface area contributed by atoms with Gasteiger partial charge in [0.25, 0.3) is 0 Å². The van der Waals surface area contributed by atoms with Crippen molar-refractivity contribution in [3.63, 3.8) is 0 Å². The third-order valence-electron chi connectivity index (χ3n) is 3.37. The largest absolute Gasteiger partial charge is 0.481 e. The molecular weight excluding hydrogens is 190 g/mol. The number of aryl methyl sites for hydroxylation is 2. The quantitative estimate of drug-likeness (QED) is 0.823. The molecule has 1 unspecified atom stereocenters. The minimum atomic E-state index is -0.673. The highest BCUT2D eigenvalue weighted by Gasteiger charge is 2.21. The molecule has 1 aliphatic rings. The van der Waals surface area contributed by atoms with Gasteiger partial charge < -0.3 is 9.67 Å². The molecule has 1 aliphatic carbocycles. The zero-order chi connectivity index (χ0) is 10.8. The molecule has 15 heavy (non-hydrogen) atoms. The fraction of sp³-hybridized carbons (Fsp3) is 0.583. The standard InChI is InChI=1S/C12H17NO2/c1-13-7-6-10-4-2-9(8-11(10)13)3-5-12(14)15/h6-7,9H,2-5,8H2,1H3,(H,14,15). The average molecular weight is 207 g/mol.